The van der Waals surface area contributed by atoms with E-state index in [-0.39, 0.29) is 11.9 Å². The fourth-order valence-corrected chi connectivity index (χ4v) is 4.66. The van der Waals surface area contributed by atoms with Gasteiger partial charge in [-0.05, 0) is 66.5 Å². The fourth-order valence-electron chi connectivity index (χ4n) is 3.90. The van der Waals surface area contributed by atoms with E-state index in [1.807, 2.05) is 13.2 Å². The Bertz CT molecular complexity index is 499. The van der Waals surface area contributed by atoms with Crippen molar-refractivity contribution in [2.75, 3.05) is 0 Å². The number of carbonyl (C=O) groups is 1. The number of aryl methyl sites for hydroxylation is 1. The third-order valence-corrected chi connectivity index (χ3v) is 5.58. The maximum atomic E-state index is 12.3. The third kappa shape index (κ3) is 2.53. The van der Waals surface area contributed by atoms with Gasteiger partial charge in [-0.1, -0.05) is 6.42 Å². The Morgan fingerprint density at radius 3 is 2.84 bits per heavy atom. The number of aromatic nitrogens is 2. The molecule has 2 aliphatic carbocycles. The van der Waals surface area contributed by atoms with Crippen LogP contribution in [-0.2, 0) is 7.05 Å². The second kappa shape index (κ2) is 5.07. The van der Waals surface area contributed by atoms with Crippen LogP contribution in [0.1, 0.15) is 43.1 Å². The number of hydrogen-bond donors (Lipinski definition) is 1. The van der Waals surface area contributed by atoms with Crippen LogP contribution in [-0.4, -0.2) is 21.7 Å². The molecule has 1 aromatic heterocycles. The summed E-state index contributed by atoms with van der Waals surface area (Å²) in [5, 5.41) is 7.39. The van der Waals surface area contributed by atoms with E-state index in [1.165, 1.54) is 25.7 Å². The summed E-state index contributed by atoms with van der Waals surface area (Å²) in [6.07, 6.45) is 7.31. The van der Waals surface area contributed by atoms with Crippen LogP contribution >= 0.6 is 22.6 Å². The van der Waals surface area contributed by atoms with Gasteiger partial charge in [0.25, 0.3) is 5.91 Å². The third-order valence-electron chi connectivity index (χ3n) is 4.79. The van der Waals surface area contributed by atoms with Gasteiger partial charge < -0.3 is 5.32 Å². The van der Waals surface area contributed by atoms with Gasteiger partial charge in [-0.3, -0.25) is 9.48 Å². The molecule has 0 spiro atoms. The van der Waals surface area contributed by atoms with Crippen molar-refractivity contribution in [3.8, 4) is 0 Å². The van der Waals surface area contributed by atoms with Crippen LogP contribution in [0, 0.1) is 21.3 Å². The highest BCUT2D eigenvalue weighted by molar-refractivity contribution is 14.1. The zero-order chi connectivity index (χ0) is 13.6. The van der Waals surface area contributed by atoms with Crippen LogP contribution in [0.25, 0.3) is 0 Å². The minimum absolute atomic E-state index is 0.0275. The topological polar surface area (TPSA) is 46.9 Å². The highest BCUT2D eigenvalue weighted by Gasteiger charge is 2.42. The van der Waals surface area contributed by atoms with Crippen LogP contribution in [0.4, 0.5) is 0 Å². The van der Waals surface area contributed by atoms with E-state index in [2.05, 4.69) is 39.9 Å². The molecule has 0 aliphatic heterocycles. The van der Waals surface area contributed by atoms with Crippen LogP contribution in [0.3, 0.4) is 0 Å². The molecule has 4 atom stereocenters. The van der Waals surface area contributed by atoms with Crippen molar-refractivity contribution >= 4 is 28.5 Å². The average Bonchev–Trinajstić information content (AvgIpc) is 3.03. The van der Waals surface area contributed by atoms with Gasteiger partial charge >= 0.3 is 0 Å². The number of hydrogen-bond acceptors (Lipinski definition) is 2. The van der Waals surface area contributed by atoms with E-state index in [0.29, 0.717) is 11.6 Å². The highest BCUT2D eigenvalue weighted by atomic mass is 127. The molecule has 1 N–H and O–H groups in total. The van der Waals surface area contributed by atoms with Gasteiger partial charge in [0.2, 0.25) is 0 Å². The molecule has 3 rings (SSSR count). The van der Waals surface area contributed by atoms with Gasteiger partial charge in [-0.2, -0.15) is 5.10 Å². The van der Waals surface area contributed by atoms with Crippen molar-refractivity contribution in [3.05, 3.63) is 15.5 Å². The quantitative estimate of drug-likeness (QED) is 0.828. The first kappa shape index (κ1) is 13.4. The van der Waals surface area contributed by atoms with E-state index < -0.39 is 0 Å². The normalized spacial score (nSPS) is 30.6. The lowest BCUT2D eigenvalue weighted by atomic mass is 9.84. The number of carbonyl (C=O) groups excluding carboxylic acids is 1. The lowest BCUT2D eigenvalue weighted by Gasteiger charge is -2.28. The molecule has 104 valence electrons. The molecule has 19 heavy (non-hydrogen) atoms. The van der Waals surface area contributed by atoms with Crippen LogP contribution in [0.5, 0.6) is 0 Å². The number of halogens is 1. The standard InChI is InChI=1S/C14H20IN3O/c1-8(11-6-9-3-4-10(11)5-9)16-14(19)13-12(15)7-18(2)17-13/h7-11H,3-6H2,1-2H3,(H,16,19)/t8-,9-,10-,11+/m1/s1. The molecule has 0 unspecified atom stereocenters. The number of amides is 1. The summed E-state index contributed by atoms with van der Waals surface area (Å²) < 4.78 is 2.61. The Kier molecular flexibility index (Phi) is 3.57. The molecule has 1 aromatic rings. The first-order chi connectivity index (χ1) is 9.04. The van der Waals surface area contributed by atoms with E-state index in [1.54, 1.807) is 4.68 Å². The maximum absolute atomic E-state index is 12.3. The number of rotatable bonds is 3. The molecular formula is C14H20IN3O. The van der Waals surface area contributed by atoms with Gasteiger partial charge in [0.1, 0.15) is 0 Å². The Morgan fingerprint density at radius 2 is 2.32 bits per heavy atom. The molecule has 2 fully saturated rings. The summed E-state index contributed by atoms with van der Waals surface area (Å²) >= 11 is 2.17. The SMILES string of the molecule is C[C@@H](NC(=O)c1nn(C)cc1I)[C@@H]1C[C@@H]2CC[C@@H]1C2. The summed E-state index contributed by atoms with van der Waals surface area (Å²) in [5.41, 5.74) is 0.554. The minimum atomic E-state index is -0.0275. The molecule has 2 aliphatic rings. The second-order valence-electron chi connectivity index (χ2n) is 6.10. The van der Waals surface area contributed by atoms with E-state index in [9.17, 15) is 4.79 Å². The molecule has 0 aromatic carbocycles. The van der Waals surface area contributed by atoms with Crippen molar-refractivity contribution in [2.24, 2.45) is 24.8 Å². The van der Waals surface area contributed by atoms with Gasteiger partial charge in [-0.15, -0.1) is 0 Å². The second-order valence-corrected chi connectivity index (χ2v) is 7.26. The molecule has 2 bridgehead atoms. The molecule has 0 radical (unpaired) electrons. The Labute approximate surface area is 127 Å². The van der Waals surface area contributed by atoms with Gasteiger partial charge in [-0.25, -0.2) is 0 Å². The average molecular weight is 373 g/mol. The van der Waals surface area contributed by atoms with E-state index >= 15 is 0 Å². The summed E-state index contributed by atoms with van der Waals surface area (Å²) in [4.78, 5) is 12.3. The monoisotopic (exact) mass is 373 g/mol. The fraction of sp³-hybridized carbons (Fsp3) is 0.714. The van der Waals surface area contributed by atoms with Crippen LogP contribution in [0.2, 0.25) is 0 Å². The number of nitrogens with one attached hydrogen (secondary N) is 1. The smallest absolute Gasteiger partial charge is 0.273 e. The van der Waals surface area contributed by atoms with Crippen molar-refractivity contribution in [1.29, 1.82) is 0 Å². The summed E-state index contributed by atoms with van der Waals surface area (Å²) in [5.74, 6) is 2.40. The Balaban J connectivity index is 1.65. The van der Waals surface area contributed by atoms with Crippen LogP contribution < -0.4 is 5.32 Å². The number of fused-ring (bicyclic) bond motifs is 2. The lowest BCUT2D eigenvalue weighted by Crippen LogP contribution is -2.40. The van der Waals surface area contributed by atoms with Crippen molar-refractivity contribution < 1.29 is 4.79 Å². The van der Waals surface area contributed by atoms with E-state index in [0.717, 1.165) is 15.4 Å². The first-order valence-electron chi connectivity index (χ1n) is 7.04. The zero-order valence-corrected chi connectivity index (χ0v) is 13.6. The molecule has 0 saturated heterocycles. The predicted molar refractivity (Wildman–Crippen MR) is 81.8 cm³/mol. The first-order valence-corrected chi connectivity index (χ1v) is 8.12. The van der Waals surface area contributed by atoms with Crippen molar-refractivity contribution in [3.63, 3.8) is 0 Å². The lowest BCUT2D eigenvalue weighted by molar-refractivity contribution is 0.0908. The predicted octanol–water partition coefficient (Wildman–Crippen LogP) is 2.58. The van der Waals surface area contributed by atoms with Gasteiger partial charge in [0.15, 0.2) is 5.69 Å². The highest BCUT2D eigenvalue weighted by Crippen LogP contribution is 2.49. The Hall–Kier alpha value is -0.590. The van der Waals surface area contributed by atoms with Crippen molar-refractivity contribution in [1.82, 2.24) is 15.1 Å². The molecular weight excluding hydrogens is 353 g/mol. The molecule has 4 nitrogen and oxygen atoms in total. The minimum Gasteiger partial charge on any atom is -0.348 e. The zero-order valence-electron chi connectivity index (χ0n) is 11.4. The molecule has 1 heterocycles. The van der Waals surface area contributed by atoms with Gasteiger partial charge in [0, 0.05) is 19.3 Å². The van der Waals surface area contributed by atoms with Gasteiger partial charge in [0.05, 0.1) is 3.57 Å². The summed E-state index contributed by atoms with van der Waals surface area (Å²) in [6.45, 7) is 2.15. The van der Waals surface area contributed by atoms with Crippen molar-refractivity contribution in [2.45, 2.75) is 38.6 Å². The largest absolute Gasteiger partial charge is 0.348 e. The Morgan fingerprint density at radius 1 is 1.53 bits per heavy atom. The molecule has 2 saturated carbocycles. The van der Waals surface area contributed by atoms with Crippen LogP contribution in [0.15, 0.2) is 6.20 Å². The molecule has 5 heteroatoms. The van der Waals surface area contributed by atoms with E-state index in [4.69, 9.17) is 0 Å². The summed E-state index contributed by atoms with van der Waals surface area (Å²) in [7, 11) is 1.85. The number of nitrogens with zero attached hydrogens (tertiary/aromatic N) is 2. The summed E-state index contributed by atoms with van der Waals surface area (Å²) in [6, 6.07) is 0.264. The maximum Gasteiger partial charge on any atom is 0.273 e. The molecule has 1 amide bonds.